The molecule has 1 atom stereocenters. The van der Waals surface area contributed by atoms with E-state index in [0.29, 0.717) is 17.9 Å². The molecule has 6 nitrogen and oxygen atoms in total. The van der Waals surface area contributed by atoms with Crippen molar-refractivity contribution in [3.05, 3.63) is 59.7 Å². The first-order chi connectivity index (χ1) is 13.0. The first kappa shape index (κ1) is 18.6. The Morgan fingerprint density at radius 2 is 1.89 bits per heavy atom. The summed E-state index contributed by atoms with van der Waals surface area (Å²) in [6, 6.07) is 13.9. The molecule has 2 aromatic rings. The second kappa shape index (κ2) is 8.03. The molecule has 0 aromatic heterocycles. The molecule has 1 aliphatic heterocycles. The minimum atomic E-state index is -0.525. The normalized spacial score (nSPS) is 16.3. The number of amides is 1. The van der Waals surface area contributed by atoms with Crippen LogP contribution in [0.3, 0.4) is 0 Å². The van der Waals surface area contributed by atoms with E-state index in [1.54, 1.807) is 4.90 Å². The lowest BCUT2D eigenvalue weighted by molar-refractivity contribution is -0.139. The molecule has 0 N–H and O–H groups in total. The lowest BCUT2D eigenvalue weighted by atomic mass is 10.1. The summed E-state index contributed by atoms with van der Waals surface area (Å²) in [6.07, 6.45) is 0.998. The van der Waals surface area contributed by atoms with E-state index < -0.39 is 17.9 Å². The van der Waals surface area contributed by atoms with Crippen LogP contribution >= 0.6 is 0 Å². The van der Waals surface area contributed by atoms with Gasteiger partial charge in [-0.2, -0.15) is 0 Å². The minimum Gasteiger partial charge on any atom is -0.465 e. The molecule has 6 heteroatoms. The Morgan fingerprint density at radius 1 is 1.15 bits per heavy atom. The summed E-state index contributed by atoms with van der Waals surface area (Å²) >= 11 is 0. The molecule has 0 spiro atoms. The summed E-state index contributed by atoms with van der Waals surface area (Å²) in [5.41, 5.74) is 2.31. The van der Waals surface area contributed by atoms with E-state index in [1.807, 2.05) is 24.3 Å². The number of carbonyl (C=O) groups is 3. The highest BCUT2D eigenvalue weighted by Crippen LogP contribution is 2.27. The topological polar surface area (TPSA) is 72.9 Å². The molecule has 27 heavy (non-hydrogen) atoms. The van der Waals surface area contributed by atoms with Crippen LogP contribution in [-0.2, 0) is 20.7 Å². The number of esters is 2. The highest BCUT2D eigenvalue weighted by Gasteiger charge is 2.36. The van der Waals surface area contributed by atoms with Crippen molar-refractivity contribution >= 4 is 23.5 Å². The first-order valence-corrected chi connectivity index (χ1v) is 8.81. The maximum absolute atomic E-state index is 12.4. The van der Waals surface area contributed by atoms with Gasteiger partial charge in [-0.25, -0.2) is 4.79 Å². The molecule has 1 unspecified atom stereocenters. The van der Waals surface area contributed by atoms with E-state index >= 15 is 0 Å². The van der Waals surface area contributed by atoms with Crippen molar-refractivity contribution < 1.29 is 23.9 Å². The number of rotatable bonds is 5. The van der Waals surface area contributed by atoms with Crippen molar-refractivity contribution in [2.24, 2.45) is 5.92 Å². The largest absolute Gasteiger partial charge is 0.465 e. The molecule has 3 rings (SSSR count). The highest BCUT2D eigenvalue weighted by atomic mass is 16.5. The summed E-state index contributed by atoms with van der Waals surface area (Å²) in [5, 5.41) is 0. The molecule has 1 fully saturated rings. The number of hydrogen-bond donors (Lipinski definition) is 0. The second-order valence-electron chi connectivity index (χ2n) is 6.37. The van der Waals surface area contributed by atoms with Crippen LogP contribution in [0.25, 0.3) is 0 Å². The van der Waals surface area contributed by atoms with Crippen LogP contribution in [0.15, 0.2) is 48.5 Å². The summed E-state index contributed by atoms with van der Waals surface area (Å²) in [5.74, 6) is -1.21. The summed E-state index contributed by atoms with van der Waals surface area (Å²) in [4.78, 5) is 37.9. The van der Waals surface area contributed by atoms with Gasteiger partial charge in [0.1, 0.15) is 5.75 Å². The van der Waals surface area contributed by atoms with E-state index in [-0.39, 0.29) is 12.3 Å². The Bertz CT molecular complexity index is 859. The van der Waals surface area contributed by atoms with E-state index in [2.05, 4.69) is 11.7 Å². The molecule has 0 aliphatic carbocycles. The molecule has 140 valence electrons. The van der Waals surface area contributed by atoms with Crippen molar-refractivity contribution in [3.63, 3.8) is 0 Å². The van der Waals surface area contributed by atoms with Gasteiger partial charge >= 0.3 is 11.9 Å². The van der Waals surface area contributed by atoms with Gasteiger partial charge in [0, 0.05) is 18.7 Å². The van der Waals surface area contributed by atoms with Gasteiger partial charge in [-0.1, -0.05) is 19.1 Å². The van der Waals surface area contributed by atoms with Crippen LogP contribution in [0.2, 0.25) is 0 Å². The van der Waals surface area contributed by atoms with Gasteiger partial charge in [0.05, 0.1) is 18.6 Å². The lowest BCUT2D eigenvalue weighted by Gasteiger charge is -2.17. The molecule has 0 bridgehead atoms. The average molecular weight is 367 g/mol. The van der Waals surface area contributed by atoms with Crippen LogP contribution in [0.1, 0.15) is 29.3 Å². The Kier molecular flexibility index (Phi) is 5.54. The van der Waals surface area contributed by atoms with E-state index in [4.69, 9.17) is 4.74 Å². The fourth-order valence-electron chi connectivity index (χ4n) is 3.04. The molecule has 1 amide bonds. The third kappa shape index (κ3) is 4.16. The number of methoxy groups -OCH3 is 1. The van der Waals surface area contributed by atoms with Gasteiger partial charge < -0.3 is 14.4 Å². The van der Waals surface area contributed by atoms with Crippen LogP contribution in [0.4, 0.5) is 5.69 Å². The monoisotopic (exact) mass is 367 g/mol. The SMILES string of the molecule is CCc1cccc(N2CC(C(=O)Oc3ccc(C(=O)OC)cc3)CC2=O)c1. The first-order valence-electron chi connectivity index (χ1n) is 8.81. The van der Waals surface area contributed by atoms with Crippen molar-refractivity contribution in [1.29, 1.82) is 0 Å². The number of carbonyl (C=O) groups excluding carboxylic acids is 3. The molecule has 0 saturated carbocycles. The van der Waals surface area contributed by atoms with E-state index in [1.165, 1.54) is 31.4 Å². The van der Waals surface area contributed by atoms with Crippen LogP contribution in [0, 0.1) is 5.92 Å². The molecule has 1 heterocycles. The second-order valence-corrected chi connectivity index (χ2v) is 6.37. The fraction of sp³-hybridized carbons (Fsp3) is 0.286. The van der Waals surface area contributed by atoms with Crippen LogP contribution < -0.4 is 9.64 Å². The minimum absolute atomic E-state index is 0.0914. The lowest BCUT2D eigenvalue weighted by Crippen LogP contribution is -2.27. The summed E-state index contributed by atoms with van der Waals surface area (Å²) in [6.45, 7) is 2.35. The van der Waals surface area contributed by atoms with E-state index in [9.17, 15) is 14.4 Å². The maximum Gasteiger partial charge on any atom is 0.337 e. The van der Waals surface area contributed by atoms with Gasteiger partial charge in [0.25, 0.3) is 0 Å². The third-order valence-corrected chi connectivity index (χ3v) is 4.58. The molecular weight excluding hydrogens is 346 g/mol. The van der Waals surface area contributed by atoms with Crippen molar-refractivity contribution in [3.8, 4) is 5.75 Å². The number of nitrogens with zero attached hydrogens (tertiary/aromatic N) is 1. The Labute approximate surface area is 157 Å². The van der Waals surface area contributed by atoms with Crippen LogP contribution in [0.5, 0.6) is 5.75 Å². The van der Waals surface area contributed by atoms with Gasteiger partial charge in [0.15, 0.2) is 0 Å². The summed E-state index contributed by atoms with van der Waals surface area (Å²) < 4.78 is 10.0. The third-order valence-electron chi connectivity index (χ3n) is 4.58. The molecule has 2 aromatic carbocycles. The predicted molar refractivity (Wildman–Crippen MR) is 99.7 cm³/mol. The fourth-order valence-corrected chi connectivity index (χ4v) is 3.04. The van der Waals surface area contributed by atoms with Crippen LogP contribution in [-0.4, -0.2) is 31.5 Å². The zero-order valence-corrected chi connectivity index (χ0v) is 15.3. The standard InChI is InChI=1S/C21H21NO5/c1-3-14-5-4-6-17(11-14)22-13-16(12-19(22)23)21(25)27-18-9-7-15(8-10-18)20(24)26-2/h4-11,16H,3,12-13H2,1-2H3. The number of aryl methyl sites for hydroxylation is 1. The number of hydrogen-bond acceptors (Lipinski definition) is 5. The van der Waals surface area contributed by atoms with Crippen molar-refractivity contribution in [1.82, 2.24) is 0 Å². The Hall–Kier alpha value is -3.15. The zero-order valence-electron chi connectivity index (χ0n) is 15.3. The van der Waals surface area contributed by atoms with Crippen molar-refractivity contribution in [2.75, 3.05) is 18.6 Å². The Morgan fingerprint density at radius 3 is 2.56 bits per heavy atom. The van der Waals surface area contributed by atoms with Gasteiger partial charge in [-0.05, 0) is 48.4 Å². The average Bonchev–Trinajstić information content (AvgIpc) is 3.10. The zero-order chi connectivity index (χ0) is 19.4. The molecule has 0 radical (unpaired) electrons. The van der Waals surface area contributed by atoms with Gasteiger partial charge in [0.2, 0.25) is 5.91 Å². The predicted octanol–water partition coefficient (Wildman–Crippen LogP) is 2.99. The van der Waals surface area contributed by atoms with E-state index in [0.717, 1.165) is 17.7 Å². The number of ether oxygens (including phenoxy) is 2. The maximum atomic E-state index is 12.4. The van der Waals surface area contributed by atoms with Crippen molar-refractivity contribution in [2.45, 2.75) is 19.8 Å². The quantitative estimate of drug-likeness (QED) is 0.600. The molecule has 1 saturated heterocycles. The molecular formula is C21H21NO5. The Balaban J connectivity index is 1.66. The number of benzene rings is 2. The highest BCUT2D eigenvalue weighted by molar-refractivity contribution is 5.99. The molecule has 1 aliphatic rings. The van der Waals surface area contributed by atoms with Gasteiger partial charge in [-0.15, -0.1) is 0 Å². The van der Waals surface area contributed by atoms with Gasteiger partial charge in [-0.3, -0.25) is 9.59 Å². The number of anilines is 1. The summed E-state index contributed by atoms with van der Waals surface area (Å²) in [7, 11) is 1.30. The smallest absolute Gasteiger partial charge is 0.337 e.